The molecule has 328 valence electrons. The van der Waals surface area contributed by atoms with Crippen LogP contribution in [0.3, 0.4) is 0 Å². The molecule has 7 atom stereocenters. The van der Waals surface area contributed by atoms with Crippen molar-refractivity contribution >= 4 is 80.5 Å². The van der Waals surface area contributed by atoms with E-state index in [0.717, 1.165) is 33.9 Å². The lowest BCUT2D eigenvalue weighted by molar-refractivity contribution is -0.347. The van der Waals surface area contributed by atoms with Crippen molar-refractivity contribution in [3.05, 3.63) is 47.2 Å². The van der Waals surface area contributed by atoms with Gasteiger partial charge in [0.25, 0.3) is 15.6 Å². The van der Waals surface area contributed by atoms with E-state index in [9.17, 15) is 57.9 Å². The van der Waals surface area contributed by atoms with Gasteiger partial charge in [0.05, 0.1) is 27.4 Å². The molecule has 0 aromatic carbocycles. The number of phosphoric acid groups is 3. The highest BCUT2D eigenvalue weighted by molar-refractivity contribution is 8.14. The number of ether oxygens (including phenoxy) is 1. The van der Waals surface area contributed by atoms with Crippen molar-refractivity contribution in [2.45, 2.75) is 63.8 Å². The molecule has 0 spiro atoms. The number of carbonyl (C=O) groups is 3. The molecule has 24 nitrogen and oxygen atoms in total. The summed E-state index contributed by atoms with van der Waals surface area (Å²) in [6.45, 7) is 1.22. The minimum absolute atomic E-state index is 0.0338. The van der Waals surface area contributed by atoms with E-state index >= 15 is 0 Å². The third-order valence-electron chi connectivity index (χ3n) is 8.36. The van der Waals surface area contributed by atoms with E-state index in [2.05, 4.69) is 43.5 Å². The lowest BCUT2D eigenvalue weighted by atomic mass is 9.87. The van der Waals surface area contributed by atoms with Gasteiger partial charge in [-0.05, 0) is 24.4 Å². The van der Waals surface area contributed by atoms with Crippen LogP contribution in [0.5, 0.6) is 0 Å². The minimum Gasteiger partial charge on any atom is -0.790 e. The van der Waals surface area contributed by atoms with Crippen LogP contribution in [-0.4, -0.2) is 103 Å². The van der Waals surface area contributed by atoms with Crippen LogP contribution in [-0.2, 0) is 62.8 Å². The molecule has 0 bridgehead atoms. The van der Waals surface area contributed by atoms with Crippen molar-refractivity contribution in [3.8, 4) is 0 Å². The number of carbonyl (C=O) groups excluding carboxylic acids is 3. The van der Waals surface area contributed by atoms with Gasteiger partial charge < -0.3 is 69.0 Å². The molecule has 1 fully saturated rings. The predicted molar refractivity (Wildman–Crippen MR) is 200 cm³/mol. The van der Waals surface area contributed by atoms with Gasteiger partial charge in [-0.2, -0.15) is 0 Å². The third kappa shape index (κ3) is 14.0. The monoisotopic (exact) mass is 927 g/mol. The van der Waals surface area contributed by atoms with Gasteiger partial charge in [0.15, 0.2) is 17.2 Å². The van der Waals surface area contributed by atoms with Crippen molar-refractivity contribution in [3.63, 3.8) is 0 Å². The molecule has 2 amide bonds. The molecule has 7 unspecified atom stereocenters. The van der Waals surface area contributed by atoms with Crippen LogP contribution >= 0.6 is 46.6 Å². The zero-order chi connectivity index (χ0) is 43.8. The summed E-state index contributed by atoms with van der Waals surface area (Å²) in [6.07, 6.45) is -2.26. The summed E-state index contributed by atoms with van der Waals surface area (Å²) in [5.41, 5.74) is 2.02. The number of aromatic nitrogens is 4. The van der Waals surface area contributed by atoms with Crippen LogP contribution in [0.1, 0.15) is 32.1 Å². The van der Waals surface area contributed by atoms with Crippen molar-refractivity contribution in [2.24, 2.45) is 5.41 Å². The number of thioether (sulfide) groups is 1. The van der Waals surface area contributed by atoms with Crippen LogP contribution in [0.15, 0.2) is 42.3 Å². The molecule has 0 aliphatic carbocycles. The highest BCUT2D eigenvalue weighted by atomic mass is 32.2. The zero-order valence-corrected chi connectivity index (χ0v) is 35.7. The second-order valence-electron chi connectivity index (χ2n) is 13.4. The number of anilines is 1. The fourth-order valence-electron chi connectivity index (χ4n) is 5.32. The van der Waals surface area contributed by atoms with Crippen molar-refractivity contribution in [1.29, 1.82) is 0 Å². The summed E-state index contributed by atoms with van der Waals surface area (Å²) >= 11 is 2.59. The second-order valence-corrected chi connectivity index (χ2v) is 19.6. The number of nitrogens with two attached hydrogens (primary N) is 1. The standard InChI is InChI=1S/C30H44N7O17P3S2/c1-29(2,25(41)28(42)33-10-9-20(38)32-11-13-59-21(39)8-4-6-18-7-5-12-58-18)15-51-57(48,49)54-56(46,47)50-14-19-23(53-55(43,44)45)24(40)30(3,52-19)37-17-36-22-26(31)34-16-35-27(22)37/h4-5,7-8,12,16-17,19,23-25,40-41H,6,9-11,13-15H2,1-3H3,(H,32,38)(H,33,42)(H,46,47)(H,48,49)(H2,31,34,35)(H2,43,44,45)/p-4. The first-order valence-electron chi connectivity index (χ1n) is 17.1. The number of hydrogen-bond donors (Lipinski definition) is 5. The summed E-state index contributed by atoms with van der Waals surface area (Å²) in [4.78, 5) is 97.7. The van der Waals surface area contributed by atoms with Gasteiger partial charge in [-0.25, -0.2) is 19.3 Å². The van der Waals surface area contributed by atoms with E-state index in [1.807, 2.05) is 17.5 Å². The zero-order valence-electron chi connectivity index (χ0n) is 31.3. The number of nitrogens with zero attached hydrogens (tertiary/aromatic N) is 4. The van der Waals surface area contributed by atoms with E-state index in [1.54, 1.807) is 17.4 Å². The molecule has 4 rings (SSSR count). The molecule has 29 heteroatoms. The maximum Gasteiger partial charge on any atom is 0.274 e. The van der Waals surface area contributed by atoms with Gasteiger partial charge in [-0.3, -0.25) is 28.1 Å². The van der Waals surface area contributed by atoms with E-state index in [4.69, 9.17) is 10.5 Å². The number of imidazole rings is 1. The number of thiophene rings is 1. The van der Waals surface area contributed by atoms with Gasteiger partial charge in [-0.1, -0.05) is 37.8 Å². The quantitative estimate of drug-likeness (QED) is 0.0420. The number of hydrogen-bond acceptors (Lipinski definition) is 23. The Bertz CT molecular complexity index is 2120. The van der Waals surface area contributed by atoms with Crippen LogP contribution in [0.4, 0.5) is 5.82 Å². The van der Waals surface area contributed by atoms with Crippen LogP contribution < -0.4 is 35.9 Å². The number of aliphatic hydroxyl groups excluding tert-OH is 2. The summed E-state index contributed by atoms with van der Waals surface area (Å²) < 4.78 is 61.1. The smallest absolute Gasteiger partial charge is 0.274 e. The Kier molecular flexibility index (Phi) is 16.7. The SMILES string of the molecule is CC(C)(COP(=O)([O-])OP(=O)([O-])OCC1OC(C)(n2cnc3c(N)ncnc32)C(O)C1OP(=O)([O-])[O-])C(O)C(=O)NCCC(=O)NCCSC(=O)C=CCc1cccs1. The number of amides is 2. The highest BCUT2D eigenvalue weighted by Gasteiger charge is 2.55. The largest absolute Gasteiger partial charge is 0.790 e. The molecule has 1 saturated heterocycles. The van der Waals surface area contributed by atoms with Crippen molar-refractivity contribution < 1.29 is 80.5 Å². The van der Waals surface area contributed by atoms with Crippen LogP contribution in [0, 0.1) is 5.41 Å². The number of phosphoric ester groups is 3. The molecule has 1 aliphatic rings. The maximum atomic E-state index is 12.6. The van der Waals surface area contributed by atoms with Crippen LogP contribution in [0.25, 0.3) is 11.2 Å². The summed E-state index contributed by atoms with van der Waals surface area (Å²) in [6, 6.07) is 3.87. The van der Waals surface area contributed by atoms with Gasteiger partial charge in [0, 0.05) is 42.0 Å². The Hall–Kier alpha value is -3.00. The van der Waals surface area contributed by atoms with Crippen LogP contribution in [0.2, 0.25) is 0 Å². The molecule has 3 aromatic rings. The van der Waals surface area contributed by atoms with E-state index < -0.39 is 84.1 Å². The lowest BCUT2D eigenvalue weighted by Gasteiger charge is -2.36. The minimum atomic E-state index is -5.94. The Morgan fingerprint density at radius 2 is 1.85 bits per heavy atom. The van der Waals surface area contributed by atoms with E-state index in [-0.39, 0.29) is 41.6 Å². The molecular formula is C30H40N7O17P3S2-4. The second kappa shape index (κ2) is 20.2. The number of nitrogen functional groups attached to an aromatic ring is 1. The molecule has 59 heavy (non-hydrogen) atoms. The Morgan fingerprint density at radius 3 is 2.53 bits per heavy atom. The van der Waals surface area contributed by atoms with E-state index in [1.165, 1.54) is 26.8 Å². The molecule has 6 N–H and O–H groups in total. The van der Waals surface area contributed by atoms with Gasteiger partial charge in [0.1, 0.15) is 36.3 Å². The van der Waals surface area contributed by atoms with Gasteiger partial charge >= 0.3 is 0 Å². The molecule has 4 heterocycles. The topological polar surface area (TPSA) is 375 Å². The molecular weight excluding hydrogens is 887 g/mol. The molecule has 0 radical (unpaired) electrons. The van der Waals surface area contributed by atoms with E-state index in [0.29, 0.717) is 12.2 Å². The molecule has 1 aliphatic heterocycles. The Morgan fingerprint density at radius 1 is 1.14 bits per heavy atom. The van der Waals surface area contributed by atoms with Gasteiger partial charge in [0.2, 0.25) is 16.9 Å². The third-order valence-corrected chi connectivity index (χ3v) is 13.1. The average Bonchev–Trinajstić information content (AvgIpc) is 3.88. The summed E-state index contributed by atoms with van der Waals surface area (Å²) in [5.74, 6) is -1.27. The molecule has 0 saturated carbocycles. The number of aliphatic hydroxyl groups is 2. The fraction of sp³-hybridized carbons (Fsp3) is 0.533. The summed E-state index contributed by atoms with van der Waals surface area (Å²) in [7, 11) is -17.7. The van der Waals surface area contributed by atoms with Gasteiger partial charge in [-0.15, -0.1) is 11.3 Å². The fourth-order valence-corrected chi connectivity index (χ4v) is 9.33. The Labute approximate surface area is 344 Å². The van der Waals surface area contributed by atoms with Crippen molar-refractivity contribution in [2.75, 3.05) is 37.8 Å². The number of fused-ring (bicyclic) bond motifs is 1. The van der Waals surface area contributed by atoms with Crippen molar-refractivity contribution in [1.82, 2.24) is 30.2 Å². The molecule has 3 aromatic heterocycles. The normalized spacial score (nSPS) is 22.6. The number of allylic oxidation sites excluding steroid dienone is 1. The highest BCUT2D eigenvalue weighted by Crippen LogP contribution is 2.56. The summed E-state index contributed by atoms with van der Waals surface area (Å²) in [5, 5.41) is 28.3. The first-order chi connectivity index (χ1) is 27.4. The first-order valence-corrected chi connectivity index (χ1v) is 23.4. The Balaban J connectivity index is 1.22. The lowest BCUT2D eigenvalue weighted by Crippen LogP contribution is -2.46. The average molecular weight is 928 g/mol. The number of rotatable bonds is 22. The first kappa shape index (κ1) is 48.7. The predicted octanol–water partition coefficient (Wildman–Crippen LogP) is -1.83. The maximum absolute atomic E-state index is 12.6. The number of nitrogens with one attached hydrogen (secondary N) is 2.